The standard InChI is InChI=1S/C13H15NO3/c1-14(9-7-12(16)8-10-15)13(17)11-5-3-2-4-6-11/h2-6,10H,7-9H2,1H3. The Hall–Kier alpha value is -1.97. The third-order valence-electron chi connectivity index (χ3n) is 2.40. The van der Waals surface area contributed by atoms with E-state index in [1.165, 1.54) is 4.90 Å². The first kappa shape index (κ1) is 13.1. The summed E-state index contributed by atoms with van der Waals surface area (Å²) in [5, 5.41) is 0. The average Bonchev–Trinajstić information content (AvgIpc) is 2.36. The number of aldehydes is 1. The number of hydrogen-bond donors (Lipinski definition) is 0. The second-order valence-electron chi connectivity index (χ2n) is 3.75. The molecule has 0 aliphatic heterocycles. The van der Waals surface area contributed by atoms with Crippen LogP contribution in [0.15, 0.2) is 30.3 Å². The zero-order valence-corrected chi connectivity index (χ0v) is 9.76. The highest BCUT2D eigenvalue weighted by Crippen LogP contribution is 2.03. The molecule has 17 heavy (non-hydrogen) atoms. The van der Waals surface area contributed by atoms with Crippen LogP contribution >= 0.6 is 0 Å². The molecule has 0 heterocycles. The van der Waals surface area contributed by atoms with Crippen molar-refractivity contribution in [3.63, 3.8) is 0 Å². The first-order chi connectivity index (χ1) is 8.15. The van der Waals surface area contributed by atoms with Gasteiger partial charge in [0, 0.05) is 25.6 Å². The summed E-state index contributed by atoms with van der Waals surface area (Å²) < 4.78 is 0. The fourth-order valence-electron chi connectivity index (χ4n) is 1.39. The van der Waals surface area contributed by atoms with Gasteiger partial charge in [0.1, 0.15) is 12.1 Å². The number of carbonyl (C=O) groups excluding carboxylic acids is 3. The van der Waals surface area contributed by atoms with Crippen LogP contribution in [0.25, 0.3) is 0 Å². The van der Waals surface area contributed by atoms with Gasteiger partial charge in [0.25, 0.3) is 5.91 Å². The highest BCUT2D eigenvalue weighted by Gasteiger charge is 2.12. The zero-order chi connectivity index (χ0) is 12.7. The van der Waals surface area contributed by atoms with Crippen LogP contribution in [-0.2, 0) is 9.59 Å². The quantitative estimate of drug-likeness (QED) is 0.550. The van der Waals surface area contributed by atoms with Gasteiger partial charge in [-0.25, -0.2) is 0 Å². The summed E-state index contributed by atoms with van der Waals surface area (Å²) in [4.78, 5) is 34.6. The van der Waals surface area contributed by atoms with Gasteiger partial charge >= 0.3 is 0 Å². The summed E-state index contributed by atoms with van der Waals surface area (Å²) in [5.41, 5.74) is 0.595. The molecule has 0 aliphatic rings. The Morgan fingerprint density at radius 1 is 1.24 bits per heavy atom. The molecule has 0 spiro atoms. The molecule has 1 aromatic carbocycles. The Balaban J connectivity index is 2.48. The van der Waals surface area contributed by atoms with Crippen molar-refractivity contribution in [1.82, 2.24) is 4.90 Å². The third kappa shape index (κ3) is 4.18. The van der Waals surface area contributed by atoms with Crippen LogP contribution < -0.4 is 0 Å². The summed E-state index contributed by atoms with van der Waals surface area (Å²) in [5.74, 6) is -0.266. The molecule has 0 atom stereocenters. The van der Waals surface area contributed by atoms with Crippen molar-refractivity contribution in [2.24, 2.45) is 0 Å². The summed E-state index contributed by atoms with van der Waals surface area (Å²) in [6.45, 7) is 0.334. The summed E-state index contributed by atoms with van der Waals surface area (Å²) in [6.07, 6.45) is 0.725. The Morgan fingerprint density at radius 2 is 1.88 bits per heavy atom. The number of Topliss-reactive ketones (excluding diaryl/α,β-unsaturated/α-hetero) is 1. The van der Waals surface area contributed by atoms with Gasteiger partial charge in [-0.2, -0.15) is 0 Å². The van der Waals surface area contributed by atoms with E-state index in [4.69, 9.17) is 0 Å². The third-order valence-corrected chi connectivity index (χ3v) is 2.40. The van der Waals surface area contributed by atoms with Crippen molar-refractivity contribution in [3.05, 3.63) is 35.9 Å². The van der Waals surface area contributed by atoms with E-state index in [0.717, 1.165) is 0 Å². The van der Waals surface area contributed by atoms with Gasteiger partial charge in [-0.05, 0) is 12.1 Å². The smallest absolute Gasteiger partial charge is 0.253 e. The zero-order valence-electron chi connectivity index (χ0n) is 9.76. The molecule has 4 nitrogen and oxygen atoms in total. The molecule has 1 rings (SSSR count). The van der Waals surface area contributed by atoms with E-state index in [-0.39, 0.29) is 24.5 Å². The number of carbonyl (C=O) groups is 3. The molecule has 0 aliphatic carbocycles. The van der Waals surface area contributed by atoms with Crippen molar-refractivity contribution < 1.29 is 14.4 Å². The number of ketones is 1. The Bertz CT molecular complexity index is 400. The van der Waals surface area contributed by atoms with Gasteiger partial charge in [-0.3, -0.25) is 9.59 Å². The maximum atomic E-state index is 11.9. The summed E-state index contributed by atoms with van der Waals surface area (Å²) in [7, 11) is 1.64. The van der Waals surface area contributed by atoms with Crippen LogP contribution in [0.1, 0.15) is 23.2 Å². The van der Waals surface area contributed by atoms with E-state index in [9.17, 15) is 14.4 Å². The number of hydrogen-bond acceptors (Lipinski definition) is 3. The molecule has 1 aromatic rings. The van der Waals surface area contributed by atoms with Crippen LogP contribution in [-0.4, -0.2) is 36.5 Å². The summed E-state index contributed by atoms with van der Waals surface area (Å²) in [6, 6.07) is 8.87. The van der Waals surface area contributed by atoms with Crippen LogP contribution in [0.5, 0.6) is 0 Å². The van der Waals surface area contributed by atoms with E-state index in [1.54, 1.807) is 31.3 Å². The van der Waals surface area contributed by atoms with Crippen molar-refractivity contribution in [2.75, 3.05) is 13.6 Å². The minimum atomic E-state index is -0.146. The fraction of sp³-hybridized carbons (Fsp3) is 0.308. The van der Waals surface area contributed by atoms with Crippen molar-refractivity contribution in [3.8, 4) is 0 Å². The Labute approximate surface area is 100 Å². The van der Waals surface area contributed by atoms with Crippen LogP contribution in [0.4, 0.5) is 0 Å². The molecule has 0 N–H and O–H groups in total. The second-order valence-corrected chi connectivity index (χ2v) is 3.75. The number of nitrogens with zero attached hydrogens (tertiary/aromatic N) is 1. The topological polar surface area (TPSA) is 54.5 Å². The molecule has 1 amide bonds. The van der Waals surface area contributed by atoms with Gasteiger partial charge in [-0.15, -0.1) is 0 Å². The first-order valence-electron chi connectivity index (χ1n) is 5.41. The van der Waals surface area contributed by atoms with Crippen molar-refractivity contribution in [2.45, 2.75) is 12.8 Å². The molecule has 0 saturated heterocycles. The lowest BCUT2D eigenvalue weighted by molar-refractivity contribution is -0.122. The van der Waals surface area contributed by atoms with Gasteiger partial charge in [0.2, 0.25) is 0 Å². The van der Waals surface area contributed by atoms with Crippen LogP contribution in [0.2, 0.25) is 0 Å². The second kappa shape index (κ2) is 6.58. The van der Waals surface area contributed by atoms with E-state index in [1.807, 2.05) is 6.07 Å². The molecule has 0 aromatic heterocycles. The minimum Gasteiger partial charge on any atom is -0.341 e. The minimum absolute atomic E-state index is 0.0760. The molecule has 90 valence electrons. The van der Waals surface area contributed by atoms with E-state index in [0.29, 0.717) is 18.4 Å². The van der Waals surface area contributed by atoms with Crippen LogP contribution in [0.3, 0.4) is 0 Å². The number of benzene rings is 1. The van der Waals surface area contributed by atoms with Gasteiger partial charge in [0.15, 0.2) is 0 Å². The van der Waals surface area contributed by atoms with Gasteiger partial charge in [0.05, 0.1) is 6.42 Å². The first-order valence-corrected chi connectivity index (χ1v) is 5.41. The van der Waals surface area contributed by atoms with Gasteiger partial charge < -0.3 is 9.69 Å². The van der Waals surface area contributed by atoms with E-state index in [2.05, 4.69) is 0 Å². The Morgan fingerprint density at radius 3 is 2.47 bits per heavy atom. The molecule has 4 heteroatoms. The van der Waals surface area contributed by atoms with Crippen molar-refractivity contribution in [1.29, 1.82) is 0 Å². The van der Waals surface area contributed by atoms with Gasteiger partial charge in [-0.1, -0.05) is 18.2 Å². The molecular formula is C13H15NO3. The molecule has 0 saturated carbocycles. The summed E-state index contributed by atoms with van der Waals surface area (Å²) >= 11 is 0. The fourth-order valence-corrected chi connectivity index (χ4v) is 1.39. The number of amides is 1. The largest absolute Gasteiger partial charge is 0.341 e. The van der Waals surface area contributed by atoms with E-state index < -0.39 is 0 Å². The number of rotatable bonds is 6. The van der Waals surface area contributed by atoms with Crippen LogP contribution in [0, 0.1) is 0 Å². The lowest BCUT2D eigenvalue weighted by Gasteiger charge is -2.16. The molecule has 0 bridgehead atoms. The highest BCUT2D eigenvalue weighted by atomic mass is 16.2. The SMILES string of the molecule is CN(CCC(=O)CC=O)C(=O)c1ccccc1. The monoisotopic (exact) mass is 233 g/mol. The normalized spacial score (nSPS) is 9.71. The Kier molecular flexibility index (Phi) is 5.07. The maximum Gasteiger partial charge on any atom is 0.253 e. The predicted molar refractivity (Wildman–Crippen MR) is 63.7 cm³/mol. The molecule has 0 radical (unpaired) electrons. The highest BCUT2D eigenvalue weighted by molar-refractivity contribution is 5.94. The molecule has 0 fully saturated rings. The molecule has 0 unspecified atom stereocenters. The average molecular weight is 233 g/mol. The lowest BCUT2D eigenvalue weighted by atomic mass is 10.2. The maximum absolute atomic E-state index is 11.9. The molecular weight excluding hydrogens is 218 g/mol. The predicted octanol–water partition coefficient (Wildman–Crippen LogP) is 1.31. The van der Waals surface area contributed by atoms with Crippen molar-refractivity contribution >= 4 is 18.0 Å². The lowest BCUT2D eigenvalue weighted by Crippen LogP contribution is -2.29. The van der Waals surface area contributed by atoms with E-state index >= 15 is 0 Å².